The minimum absolute atomic E-state index is 0.0162. The summed E-state index contributed by atoms with van der Waals surface area (Å²) in [7, 11) is 4.64. The van der Waals surface area contributed by atoms with Gasteiger partial charge in [-0.3, -0.25) is 9.59 Å². The molecule has 1 saturated heterocycles. The van der Waals surface area contributed by atoms with E-state index < -0.39 is 17.7 Å². The Morgan fingerprint density at radius 1 is 0.857 bits per heavy atom. The third-order valence-corrected chi connectivity index (χ3v) is 6.11. The quantitative estimate of drug-likeness (QED) is 0.297. The van der Waals surface area contributed by atoms with E-state index in [4.69, 9.17) is 14.2 Å². The molecule has 3 aromatic rings. The Morgan fingerprint density at radius 2 is 1.57 bits per heavy atom. The molecule has 1 unspecified atom stereocenters. The minimum atomic E-state index is -0.784. The summed E-state index contributed by atoms with van der Waals surface area (Å²) in [5, 5.41) is 11.3. The van der Waals surface area contributed by atoms with E-state index in [-0.39, 0.29) is 17.9 Å². The topological polar surface area (TPSA) is 85.3 Å². The first-order valence-electron chi connectivity index (χ1n) is 11.2. The number of likely N-dealkylation sites (tertiary alicyclic amines) is 1. The summed E-state index contributed by atoms with van der Waals surface area (Å²) < 4.78 is 16.0. The predicted molar refractivity (Wildman–Crippen MR) is 132 cm³/mol. The summed E-state index contributed by atoms with van der Waals surface area (Å²) in [5.74, 6) is 0.0426. The SMILES string of the molecule is COc1ccc(CCN2C(=O)C(=O)/C(=C(\O)c3ccccc3OC)C2c2cccc(OC)c2)cc1. The van der Waals surface area contributed by atoms with Gasteiger partial charge in [0.25, 0.3) is 11.7 Å². The van der Waals surface area contributed by atoms with Gasteiger partial charge in [-0.2, -0.15) is 0 Å². The molecule has 0 bridgehead atoms. The van der Waals surface area contributed by atoms with Crippen molar-refractivity contribution in [2.24, 2.45) is 0 Å². The van der Waals surface area contributed by atoms with Gasteiger partial charge >= 0.3 is 0 Å². The number of ether oxygens (including phenoxy) is 3. The van der Waals surface area contributed by atoms with Crippen molar-refractivity contribution < 1.29 is 28.9 Å². The lowest BCUT2D eigenvalue weighted by molar-refractivity contribution is -0.139. The third kappa shape index (κ3) is 4.71. The fourth-order valence-corrected chi connectivity index (χ4v) is 4.30. The number of aliphatic hydroxyl groups excluding tert-OH is 1. The molecule has 3 aromatic carbocycles. The average Bonchev–Trinajstić information content (AvgIpc) is 3.16. The van der Waals surface area contributed by atoms with Crippen LogP contribution in [0.25, 0.3) is 5.76 Å². The van der Waals surface area contributed by atoms with Crippen molar-refractivity contribution in [1.82, 2.24) is 4.90 Å². The molecule has 1 heterocycles. The smallest absolute Gasteiger partial charge is 0.295 e. The standard InChI is InChI=1S/C28H27NO6/c1-33-20-13-11-18(12-14-20)15-16-29-25(19-7-6-8-21(17-19)34-2)24(27(31)28(29)32)26(30)22-9-4-5-10-23(22)35-3/h4-14,17,25,30H,15-16H2,1-3H3/b26-24-. The molecular weight excluding hydrogens is 446 g/mol. The normalized spacial score (nSPS) is 16.9. The number of carbonyl (C=O) groups is 2. The molecule has 0 spiro atoms. The highest BCUT2D eigenvalue weighted by atomic mass is 16.5. The van der Waals surface area contributed by atoms with Crippen LogP contribution in [-0.4, -0.2) is 49.6 Å². The Bertz CT molecular complexity index is 1260. The lowest BCUT2D eigenvalue weighted by atomic mass is 9.94. The van der Waals surface area contributed by atoms with Gasteiger partial charge in [-0.25, -0.2) is 0 Å². The molecule has 0 aromatic heterocycles. The number of rotatable bonds is 8. The molecule has 7 nitrogen and oxygen atoms in total. The van der Waals surface area contributed by atoms with Crippen molar-refractivity contribution in [2.75, 3.05) is 27.9 Å². The Hall–Kier alpha value is -4.26. The summed E-state index contributed by atoms with van der Waals surface area (Å²) in [6.07, 6.45) is 0.520. The van der Waals surface area contributed by atoms with E-state index in [1.165, 1.54) is 12.0 Å². The summed E-state index contributed by atoms with van der Waals surface area (Å²) >= 11 is 0. The van der Waals surface area contributed by atoms with E-state index in [1.54, 1.807) is 56.7 Å². The van der Waals surface area contributed by atoms with E-state index in [0.29, 0.717) is 29.0 Å². The van der Waals surface area contributed by atoms with Crippen molar-refractivity contribution in [2.45, 2.75) is 12.5 Å². The van der Waals surface area contributed by atoms with Gasteiger partial charge in [-0.05, 0) is 53.9 Å². The first-order valence-corrected chi connectivity index (χ1v) is 11.2. The molecule has 1 amide bonds. The number of methoxy groups -OCH3 is 3. The Balaban J connectivity index is 1.79. The number of hydrogen-bond donors (Lipinski definition) is 1. The average molecular weight is 474 g/mol. The fraction of sp³-hybridized carbons (Fsp3) is 0.214. The summed E-state index contributed by atoms with van der Waals surface area (Å²) in [5.41, 5.74) is 2.01. The van der Waals surface area contributed by atoms with Gasteiger partial charge in [0.05, 0.1) is 38.5 Å². The van der Waals surface area contributed by atoms with E-state index in [1.807, 2.05) is 30.3 Å². The molecule has 1 fully saturated rings. The van der Waals surface area contributed by atoms with Crippen molar-refractivity contribution in [1.29, 1.82) is 0 Å². The van der Waals surface area contributed by atoms with Gasteiger partial charge in [-0.1, -0.05) is 36.4 Å². The number of Topliss-reactive ketones (excluding diaryl/α,β-unsaturated/α-hetero) is 1. The van der Waals surface area contributed by atoms with Crippen LogP contribution >= 0.6 is 0 Å². The number of benzene rings is 3. The lowest BCUT2D eigenvalue weighted by Gasteiger charge is -2.26. The maximum absolute atomic E-state index is 13.3. The van der Waals surface area contributed by atoms with Crippen molar-refractivity contribution in [3.63, 3.8) is 0 Å². The molecule has 0 saturated carbocycles. The highest BCUT2D eigenvalue weighted by molar-refractivity contribution is 6.46. The number of ketones is 1. The van der Waals surface area contributed by atoms with E-state index in [9.17, 15) is 14.7 Å². The van der Waals surface area contributed by atoms with Gasteiger partial charge in [0, 0.05) is 6.54 Å². The van der Waals surface area contributed by atoms with Crippen LogP contribution in [-0.2, 0) is 16.0 Å². The Kier molecular flexibility index (Phi) is 7.06. The minimum Gasteiger partial charge on any atom is -0.507 e. The van der Waals surface area contributed by atoms with E-state index >= 15 is 0 Å². The second kappa shape index (κ2) is 10.3. The van der Waals surface area contributed by atoms with Crippen LogP contribution in [0, 0.1) is 0 Å². The van der Waals surface area contributed by atoms with E-state index in [0.717, 1.165) is 11.3 Å². The number of hydrogen-bond acceptors (Lipinski definition) is 6. The Labute approximate surface area is 204 Å². The van der Waals surface area contributed by atoms with Gasteiger partial charge in [-0.15, -0.1) is 0 Å². The first kappa shape index (κ1) is 23.9. The number of amides is 1. The first-order chi connectivity index (χ1) is 17.0. The van der Waals surface area contributed by atoms with Crippen LogP contribution in [0.4, 0.5) is 0 Å². The zero-order valence-electron chi connectivity index (χ0n) is 19.9. The molecule has 4 rings (SSSR count). The van der Waals surface area contributed by atoms with Gasteiger partial charge < -0.3 is 24.2 Å². The second-order valence-corrected chi connectivity index (χ2v) is 8.07. The van der Waals surface area contributed by atoms with Crippen molar-refractivity contribution >= 4 is 17.4 Å². The molecule has 1 aliphatic heterocycles. The zero-order chi connectivity index (χ0) is 24.9. The molecule has 7 heteroatoms. The second-order valence-electron chi connectivity index (χ2n) is 8.07. The molecule has 35 heavy (non-hydrogen) atoms. The highest BCUT2D eigenvalue weighted by Crippen LogP contribution is 2.41. The number of para-hydroxylation sites is 1. The highest BCUT2D eigenvalue weighted by Gasteiger charge is 2.46. The van der Waals surface area contributed by atoms with Crippen LogP contribution in [0.15, 0.2) is 78.4 Å². The summed E-state index contributed by atoms with van der Waals surface area (Å²) in [6.45, 7) is 0.279. The Morgan fingerprint density at radius 3 is 2.26 bits per heavy atom. The van der Waals surface area contributed by atoms with Crippen molar-refractivity contribution in [3.8, 4) is 17.2 Å². The maximum atomic E-state index is 13.3. The molecule has 1 N–H and O–H groups in total. The van der Waals surface area contributed by atoms with Gasteiger partial charge in [0.1, 0.15) is 23.0 Å². The summed E-state index contributed by atoms with van der Waals surface area (Å²) in [4.78, 5) is 28.0. The molecule has 0 radical (unpaired) electrons. The summed E-state index contributed by atoms with van der Waals surface area (Å²) in [6, 6.07) is 20.8. The monoisotopic (exact) mass is 473 g/mol. The van der Waals surface area contributed by atoms with Crippen LogP contribution in [0.5, 0.6) is 17.2 Å². The fourth-order valence-electron chi connectivity index (χ4n) is 4.30. The largest absolute Gasteiger partial charge is 0.507 e. The zero-order valence-corrected chi connectivity index (χ0v) is 19.9. The van der Waals surface area contributed by atoms with E-state index in [2.05, 4.69) is 0 Å². The predicted octanol–water partition coefficient (Wildman–Crippen LogP) is 4.38. The number of nitrogens with zero attached hydrogens (tertiary/aromatic N) is 1. The molecule has 1 atom stereocenters. The van der Waals surface area contributed by atoms with Crippen molar-refractivity contribution in [3.05, 3.63) is 95.1 Å². The van der Waals surface area contributed by atoms with Gasteiger partial charge in [0.15, 0.2) is 0 Å². The van der Waals surface area contributed by atoms with Crippen LogP contribution in [0.2, 0.25) is 0 Å². The van der Waals surface area contributed by atoms with Crippen LogP contribution < -0.4 is 14.2 Å². The maximum Gasteiger partial charge on any atom is 0.295 e. The van der Waals surface area contributed by atoms with Gasteiger partial charge in [0.2, 0.25) is 0 Å². The number of carbonyl (C=O) groups excluding carboxylic acids is 2. The molecule has 180 valence electrons. The van der Waals surface area contributed by atoms with Crippen LogP contribution in [0.1, 0.15) is 22.7 Å². The lowest BCUT2D eigenvalue weighted by Crippen LogP contribution is -2.31. The molecular formula is C28H27NO6. The third-order valence-electron chi connectivity index (χ3n) is 6.11. The number of aliphatic hydroxyl groups is 1. The molecule has 0 aliphatic carbocycles. The van der Waals surface area contributed by atoms with Crippen LogP contribution in [0.3, 0.4) is 0 Å². The molecule has 1 aliphatic rings.